The van der Waals surface area contributed by atoms with E-state index in [1.54, 1.807) is 4.90 Å². The lowest BCUT2D eigenvalue weighted by Crippen LogP contribution is -2.48. The molecule has 0 atom stereocenters. The number of piperazine rings is 1. The number of nitrogens with zero attached hydrogens (tertiary/aromatic N) is 2. The van der Waals surface area contributed by atoms with Crippen molar-refractivity contribution < 1.29 is 48.6 Å². The summed E-state index contributed by atoms with van der Waals surface area (Å²) in [5, 5.41) is 0. The molecule has 1 aliphatic heterocycles. The predicted molar refractivity (Wildman–Crippen MR) is 107 cm³/mol. The molecule has 14 heteroatoms. The number of hydrogen-bond donors (Lipinski definition) is 0. The lowest BCUT2D eigenvalue weighted by atomic mass is 10.2. The van der Waals surface area contributed by atoms with E-state index in [1.165, 1.54) is 24.3 Å². The number of ether oxygens (including phenoxy) is 2. The molecular weight excluding hydrogens is 497 g/mol. The standard InChI is InChI=1S/C20H19F7N2O4S/c21-14-1-3-15(4-2-14)28-7-9-29(10-8-28)34(30,31)18-11-16(32-12-19(22,23)24)5-6-17(18)33-13-20(25,26)27/h1-6,11H,7-10,12-13H2. The maximum Gasteiger partial charge on any atom is 0.422 e. The Balaban J connectivity index is 1.83. The molecule has 0 aliphatic carbocycles. The van der Waals surface area contributed by atoms with Gasteiger partial charge in [-0.05, 0) is 36.4 Å². The zero-order chi connectivity index (χ0) is 25.1. The number of benzene rings is 2. The van der Waals surface area contributed by atoms with E-state index >= 15 is 0 Å². The lowest BCUT2D eigenvalue weighted by Gasteiger charge is -2.35. The zero-order valence-corrected chi connectivity index (χ0v) is 18.2. The van der Waals surface area contributed by atoms with Crippen molar-refractivity contribution in [2.45, 2.75) is 17.2 Å². The van der Waals surface area contributed by atoms with Gasteiger partial charge in [-0.25, -0.2) is 12.8 Å². The van der Waals surface area contributed by atoms with E-state index in [4.69, 9.17) is 0 Å². The van der Waals surface area contributed by atoms with Crippen LogP contribution in [0.1, 0.15) is 0 Å². The molecule has 1 fully saturated rings. The van der Waals surface area contributed by atoms with Gasteiger partial charge < -0.3 is 14.4 Å². The molecule has 1 saturated heterocycles. The van der Waals surface area contributed by atoms with E-state index < -0.39 is 57.8 Å². The first-order valence-corrected chi connectivity index (χ1v) is 11.2. The highest BCUT2D eigenvalue weighted by Gasteiger charge is 2.34. The highest BCUT2D eigenvalue weighted by atomic mass is 32.2. The largest absolute Gasteiger partial charge is 0.484 e. The normalized spacial score (nSPS) is 15.9. The fraction of sp³-hybridized carbons (Fsp3) is 0.400. The molecule has 0 N–H and O–H groups in total. The van der Waals surface area contributed by atoms with Gasteiger partial charge in [-0.3, -0.25) is 0 Å². The summed E-state index contributed by atoms with van der Waals surface area (Å²) < 4.78 is 125. The van der Waals surface area contributed by atoms with Crippen molar-refractivity contribution in [2.75, 3.05) is 44.3 Å². The van der Waals surface area contributed by atoms with Crippen molar-refractivity contribution >= 4 is 15.7 Å². The number of sulfonamides is 1. The highest BCUT2D eigenvalue weighted by molar-refractivity contribution is 7.89. The topological polar surface area (TPSA) is 59.1 Å². The van der Waals surface area contributed by atoms with Crippen LogP contribution in [0.25, 0.3) is 0 Å². The van der Waals surface area contributed by atoms with Crippen molar-refractivity contribution in [3.63, 3.8) is 0 Å². The predicted octanol–water partition coefficient (Wildman–Crippen LogP) is 4.22. The van der Waals surface area contributed by atoms with E-state index in [1.807, 2.05) is 0 Å². The summed E-state index contributed by atoms with van der Waals surface area (Å²) in [6.45, 7) is -3.29. The van der Waals surface area contributed by atoms with Crippen LogP contribution < -0.4 is 14.4 Å². The average molecular weight is 516 g/mol. The zero-order valence-electron chi connectivity index (χ0n) is 17.4. The molecule has 0 unspecified atom stereocenters. The molecule has 0 aromatic heterocycles. The third-order valence-corrected chi connectivity index (χ3v) is 6.68. The molecule has 1 aliphatic rings. The molecule has 0 bridgehead atoms. The molecule has 2 aromatic carbocycles. The number of anilines is 1. The van der Waals surface area contributed by atoms with Crippen molar-refractivity contribution in [2.24, 2.45) is 0 Å². The summed E-state index contributed by atoms with van der Waals surface area (Å²) in [6, 6.07) is 7.94. The van der Waals surface area contributed by atoms with Crippen LogP contribution in [0.3, 0.4) is 0 Å². The van der Waals surface area contributed by atoms with E-state index in [0.717, 1.165) is 16.4 Å². The monoisotopic (exact) mass is 516 g/mol. The molecule has 0 saturated carbocycles. The molecule has 0 spiro atoms. The number of hydrogen-bond acceptors (Lipinski definition) is 5. The molecule has 2 aromatic rings. The smallest absolute Gasteiger partial charge is 0.422 e. The van der Waals surface area contributed by atoms with Crippen molar-refractivity contribution in [1.29, 1.82) is 0 Å². The molecule has 34 heavy (non-hydrogen) atoms. The van der Waals surface area contributed by atoms with Crippen LogP contribution >= 0.6 is 0 Å². The molecular formula is C20H19F7N2O4S. The third-order valence-electron chi connectivity index (χ3n) is 4.76. The number of halogens is 7. The lowest BCUT2D eigenvalue weighted by molar-refractivity contribution is -0.154. The van der Waals surface area contributed by atoms with Gasteiger partial charge in [-0.15, -0.1) is 0 Å². The molecule has 188 valence electrons. The van der Waals surface area contributed by atoms with Gasteiger partial charge in [0.05, 0.1) is 0 Å². The number of alkyl halides is 6. The van der Waals surface area contributed by atoms with Crippen LogP contribution in [0.2, 0.25) is 0 Å². The summed E-state index contributed by atoms with van der Waals surface area (Å²) in [5.41, 5.74) is 0.648. The van der Waals surface area contributed by atoms with Crippen LogP contribution in [0.5, 0.6) is 11.5 Å². The van der Waals surface area contributed by atoms with Gasteiger partial charge in [0.15, 0.2) is 13.2 Å². The second-order valence-corrected chi connectivity index (χ2v) is 9.19. The minimum Gasteiger partial charge on any atom is -0.484 e. The Bertz CT molecular complexity index is 1080. The molecule has 1 heterocycles. The van der Waals surface area contributed by atoms with Gasteiger partial charge in [-0.2, -0.15) is 30.6 Å². The van der Waals surface area contributed by atoms with Crippen LogP contribution in [0, 0.1) is 5.82 Å². The summed E-state index contributed by atoms with van der Waals surface area (Å²) in [7, 11) is -4.46. The maximum atomic E-state index is 13.2. The molecule has 0 amide bonds. The van der Waals surface area contributed by atoms with Gasteiger partial charge >= 0.3 is 12.4 Å². The summed E-state index contributed by atoms with van der Waals surface area (Å²) in [6.07, 6.45) is -9.48. The summed E-state index contributed by atoms with van der Waals surface area (Å²) in [5.74, 6) is -1.61. The molecule has 6 nitrogen and oxygen atoms in total. The fourth-order valence-corrected chi connectivity index (χ4v) is 4.77. The SMILES string of the molecule is O=S(=O)(c1cc(OCC(F)(F)F)ccc1OCC(F)(F)F)N1CCN(c2ccc(F)cc2)CC1. The summed E-state index contributed by atoms with van der Waals surface area (Å²) >= 11 is 0. The fourth-order valence-electron chi connectivity index (χ4n) is 3.20. The Hall–Kier alpha value is -2.74. The number of rotatable bonds is 7. The average Bonchev–Trinajstić information content (AvgIpc) is 2.76. The Morgan fingerprint density at radius 2 is 1.35 bits per heavy atom. The maximum absolute atomic E-state index is 13.2. The molecule has 0 radical (unpaired) electrons. The van der Waals surface area contributed by atoms with Gasteiger partial charge in [0, 0.05) is 37.9 Å². The first kappa shape index (κ1) is 25.9. The van der Waals surface area contributed by atoms with Crippen molar-refractivity contribution in [1.82, 2.24) is 4.31 Å². The van der Waals surface area contributed by atoms with Gasteiger partial charge in [0.1, 0.15) is 22.2 Å². The minimum absolute atomic E-state index is 0.0773. The Kier molecular flexibility index (Phi) is 7.50. The highest BCUT2D eigenvalue weighted by Crippen LogP contribution is 2.33. The first-order chi connectivity index (χ1) is 15.7. The summed E-state index contributed by atoms with van der Waals surface area (Å²) in [4.78, 5) is 1.04. The van der Waals surface area contributed by atoms with E-state index in [0.29, 0.717) is 11.8 Å². The van der Waals surface area contributed by atoms with Crippen molar-refractivity contribution in [3.05, 3.63) is 48.3 Å². The van der Waals surface area contributed by atoms with Crippen LogP contribution in [0.4, 0.5) is 36.4 Å². The van der Waals surface area contributed by atoms with Crippen molar-refractivity contribution in [3.8, 4) is 11.5 Å². The first-order valence-electron chi connectivity index (χ1n) is 9.78. The van der Waals surface area contributed by atoms with Crippen LogP contribution in [-0.2, 0) is 10.0 Å². The minimum atomic E-state index is -4.77. The van der Waals surface area contributed by atoms with Crippen LogP contribution in [-0.4, -0.2) is 64.5 Å². The Labute approximate surface area is 190 Å². The van der Waals surface area contributed by atoms with E-state index in [9.17, 15) is 39.2 Å². The van der Waals surface area contributed by atoms with Gasteiger partial charge in [-0.1, -0.05) is 0 Å². The Morgan fingerprint density at radius 1 is 0.794 bits per heavy atom. The second kappa shape index (κ2) is 9.86. The van der Waals surface area contributed by atoms with E-state index in [-0.39, 0.29) is 26.2 Å². The second-order valence-electron chi connectivity index (χ2n) is 7.28. The molecule has 3 rings (SSSR count). The Morgan fingerprint density at radius 3 is 1.91 bits per heavy atom. The van der Waals surface area contributed by atoms with Crippen LogP contribution in [0.15, 0.2) is 47.4 Å². The quantitative estimate of drug-likeness (QED) is 0.516. The van der Waals surface area contributed by atoms with E-state index in [2.05, 4.69) is 9.47 Å². The van der Waals surface area contributed by atoms with Gasteiger partial charge in [0.25, 0.3) is 0 Å². The van der Waals surface area contributed by atoms with Gasteiger partial charge in [0.2, 0.25) is 10.0 Å². The third kappa shape index (κ3) is 6.88.